The first kappa shape index (κ1) is 23.2. The highest BCUT2D eigenvalue weighted by Crippen LogP contribution is 2.23. The zero-order chi connectivity index (χ0) is 20.4. The van der Waals surface area contributed by atoms with Crippen molar-refractivity contribution < 1.29 is 24.2 Å². The number of hydrogen-bond donors (Lipinski definition) is 2. The van der Waals surface area contributed by atoms with Crippen LogP contribution in [0.15, 0.2) is 41.3 Å². The van der Waals surface area contributed by atoms with Crippen LogP contribution >= 0.6 is 11.8 Å². The number of benzene rings is 1. The molecule has 0 amide bonds. The normalized spacial score (nSPS) is 12.4. The lowest BCUT2D eigenvalue weighted by atomic mass is 10.1. The molecule has 1 aromatic carbocycles. The number of ether oxygens (including phenoxy) is 2. The van der Waals surface area contributed by atoms with Crippen molar-refractivity contribution >= 4 is 23.7 Å². The van der Waals surface area contributed by atoms with E-state index in [0.29, 0.717) is 30.9 Å². The van der Waals surface area contributed by atoms with Crippen LogP contribution in [-0.4, -0.2) is 47.8 Å². The van der Waals surface area contributed by atoms with Gasteiger partial charge in [-0.3, -0.25) is 5.32 Å². The molecule has 0 spiro atoms. The van der Waals surface area contributed by atoms with Crippen molar-refractivity contribution in [2.24, 2.45) is 0 Å². The van der Waals surface area contributed by atoms with Crippen LogP contribution in [0.2, 0.25) is 0 Å². The second-order valence-electron chi connectivity index (χ2n) is 6.95. The molecule has 150 valence electrons. The maximum atomic E-state index is 11.6. The molecule has 27 heavy (non-hydrogen) atoms. The fourth-order valence-corrected chi connectivity index (χ4v) is 3.06. The lowest BCUT2D eigenvalue weighted by molar-refractivity contribution is -0.153. The van der Waals surface area contributed by atoms with Gasteiger partial charge in [0.25, 0.3) is 0 Å². The van der Waals surface area contributed by atoms with E-state index in [-0.39, 0.29) is 6.04 Å². The minimum absolute atomic E-state index is 0.145. The highest BCUT2D eigenvalue weighted by atomic mass is 32.2. The van der Waals surface area contributed by atoms with Crippen molar-refractivity contribution in [2.75, 3.05) is 19.1 Å². The van der Waals surface area contributed by atoms with Gasteiger partial charge in [0.15, 0.2) is 0 Å². The van der Waals surface area contributed by atoms with Gasteiger partial charge in [-0.05, 0) is 39.8 Å². The van der Waals surface area contributed by atoms with Crippen LogP contribution < -0.4 is 5.32 Å². The third kappa shape index (κ3) is 9.08. The Morgan fingerprint density at radius 3 is 2.63 bits per heavy atom. The van der Waals surface area contributed by atoms with Crippen LogP contribution in [0.25, 0.3) is 0 Å². The molecule has 2 N–H and O–H groups in total. The number of esters is 1. The first-order valence-corrected chi connectivity index (χ1v) is 9.76. The Labute approximate surface area is 165 Å². The molecule has 1 atom stereocenters. The predicted molar refractivity (Wildman–Crippen MR) is 107 cm³/mol. The monoisotopic (exact) mass is 395 g/mol. The summed E-state index contributed by atoms with van der Waals surface area (Å²) < 4.78 is 10.9. The second kappa shape index (κ2) is 11.1. The summed E-state index contributed by atoms with van der Waals surface area (Å²) >= 11 is 1.50. The maximum Gasteiger partial charge on any atom is 0.336 e. The number of carboxylic acids is 1. The summed E-state index contributed by atoms with van der Waals surface area (Å²) in [7, 11) is 0. The van der Waals surface area contributed by atoms with Gasteiger partial charge in [-0.2, -0.15) is 0 Å². The molecular formula is C20H29NO5S. The SMILES string of the molecule is C=C(C)C(=O)OC(C)(C)CCOCNC(C)CSc1ccccc1C(=O)O. The summed E-state index contributed by atoms with van der Waals surface area (Å²) in [6.45, 7) is 11.7. The van der Waals surface area contributed by atoms with E-state index in [4.69, 9.17) is 9.47 Å². The third-order valence-electron chi connectivity index (χ3n) is 3.71. The summed E-state index contributed by atoms with van der Waals surface area (Å²) in [4.78, 5) is 23.5. The standard InChI is InChI=1S/C20H29NO5S/c1-14(2)19(24)26-20(4,5)10-11-25-13-21-15(3)12-27-17-9-7-6-8-16(17)18(22)23/h6-9,15,21H,1,10-13H2,2-5H3,(H,22,23). The number of nitrogens with one attached hydrogen (secondary N) is 1. The molecule has 1 unspecified atom stereocenters. The van der Waals surface area contributed by atoms with Gasteiger partial charge in [0.1, 0.15) is 5.60 Å². The average Bonchev–Trinajstić information content (AvgIpc) is 2.59. The van der Waals surface area contributed by atoms with Gasteiger partial charge in [-0.15, -0.1) is 11.8 Å². The number of carbonyl (C=O) groups excluding carboxylic acids is 1. The lowest BCUT2D eigenvalue weighted by Crippen LogP contribution is -2.33. The van der Waals surface area contributed by atoms with E-state index in [2.05, 4.69) is 11.9 Å². The molecule has 0 aromatic heterocycles. The van der Waals surface area contributed by atoms with E-state index in [1.165, 1.54) is 11.8 Å². The summed E-state index contributed by atoms with van der Waals surface area (Å²) in [5.74, 6) is -0.600. The van der Waals surface area contributed by atoms with Gasteiger partial charge < -0.3 is 14.6 Å². The first-order chi connectivity index (χ1) is 12.6. The summed E-state index contributed by atoms with van der Waals surface area (Å²) in [5, 5.41) is 12.4. The van der Waals surface area contributed by atoms with E-state index in [1.807, 2.05) is 32.9 Å². The highest BCUT2D eigenvalue weighted by Gasteiger charge is 2.23. The molecule has 0 aliphatic heterocycles. The number of rotatable bonds is 12. The van der Waals surface area contributed by atoms with E-state index in [9.17, 15) is 14.7 Å². The van der Waals surface area contributed by atoms with E-state index in [1.54, 1.807) is 19.1 Å². The van der Waals surface area contributed by atoms with Crippen molar-refractivity contribution in [2.45, 2.75) is 50.7 Å². The zero-order valence-corrected chi connectivity index (χ0v) is 17.2. The molecule has 0 saturated heterocycles. The Kier molecular flexibility index (Phi) is 9.55. The van der Waals surface area contributed by atoms with E-state index < -0.39 is 17.5 Å². The number of thioether (sulfide) groups is 1. The smallest absolute Gasteiger partial charge is 0.336 e. The van der Waals surface area contributed by atoms with Crippen molar-refractivity contribution in [3.8, 4) is 0 Å². The Balaban J connectivity index is 2.26. The average molecular weight is 396 g/mol. The van der Waals surface area contributed by atoms with Gasteiger partial charge in [0, 0.05) is 28.7 Å². The van der Waals surface area contributed by atoms with Gasteiger partial charge in [0.05, 0.1) is 18.9 Å². The summed E-state index contributed by atoms with van der Waals surface area (Å²) in [6.07, 6.45) is 0.572. The minimum atomic E-state index is -0.919. The molecule has 0 aliphatic carbocycles. The molecule has 0 fully saturated rings. The van der Waals surface area contributed by atoms with Crippen LogP contribution in [0.5, 0.6) is 0 Å². The number of aromatic carboxylic acids is 1. The van der Waals surface area contributed by atoms with E-state index in [0.717, 1.165) is 10.6 Å². The summed E-state index contributed by atoms with van der Waals surface area (Å²) in [6, 6.07) is 7.11. The van der Waals surface area contributed by atoms with Crippen LogP contribution in [0.1, 0.15) is 44.5 Å². The van der Waals surface area contributed by atoms with Crippen LogP contribution in [0.4, 0.5) is 0 Å². The Hall–Kier alpha value is -1.83. The Morgan fingerprint density at radius 2 is 2.00 bits per heavy atom. The molecule has 7 heteroatoms. The molecule has 0 bridgehead atoms. The molecule has 0 saturated carbocycles. The fourth-order valence-electron chi connectivity index (χ4n) is 2.02. The quantitative estimate of drug-likeness (QED) is 0.183. The first-order valence-electron chi connectivity index (χ1n) is 8.77. The largest absolute Gasteiger partial charge is 0.478 e. The zero-order valence-electron chi connectivity index (χ0n) is 16.4. The molecule has 0 radical (unpaired) electrons. The van der Waals surface area contributed by atoms with Crippen LogP contribution in [-0.2, 0) is 14.3 Å². The predicted octanol–water partition coefficient (Wildman–Crippen LogP) is 3.72. The van der Waals surface area contributed by atoms with Gasteiger partial charge in [-0.1, -0.05) is 18.7 Å². The molecule has 6 nitrogen and oxygen atoms in total. The van der Waals surface area contributed by atoms with Gasteiger partial charge in [-0.25, -0.2) is 9.59 Å². The Bertz CT molecular complexity index is 660. The number of carbonyl (C=O) groups is 2. The third-order valence-corrected chi connectivity index (χ3v) is 5.04. The van der Waals surface area contributed by atoms with Crippen molar-refractivity contribution in [3.63, 3.8) is 0 Å². The molecule has 1 rings (SSSR count). The lowest BCUT2D eigenvalue weighted by Gasteiger charge is -2.25. The number of hydrogen-bond acceptors (Lipinski definition) is 6. The fraction of sp³-hybridized carbons (Fsp3) is 0.500. The maximum absolute atomic E-state index is 11.6. The van der Waals surface area contributed by atoms with Crippen molar-refractivity contribution in [1.29, 1.82) is 0 Å². The molecular weight excluding hydrogens is 366 g/mol. The highest BCUT2D eigenvalue weighted by molar-refractivity contribution is 7.99. The Morgan fingerprint density at radius 1 is 1.33 bits per heavy atom. The van der Waals surface area contributed by atoms with E-state index >= 15 is 0 Å². The molecule has 1 aromatic rings. The number of carboxylic acid groups (broad SMARTS) is 1. The topological polar surface area (TPSA) is 84.9 Å². The van der Waals surface area contributed by atoms with Crippen LogP contribution in [0, 0.1) is 0 Å². The summed E-state index contributed by atoms with van der Waals surface area (Å²) in [5.41, 5.74) is 0.0804. The van der Waals surface area contributed by atoms with Gasteiger partial charge in [0.2, 0.25) is 0 Å². The van der Waals surface area contributed by atoms with Gasteiger partial charge >= 0.3 is 11.9 Å². The van der Waals surface area contributed by atoms with Crippen LogP contribution in [0.3, 0.4) is 0 Å². The van der Waals surface area contributed by atoms with Crippen molar-refractivity contribution in [1.82, 2.24) is 5.32 Å². The molecule has 0 aliphatic rings. The second-order valence-corrected chi connectivity index (χ2v) is 8.01. The minimum Gasteiger partial charge on any atom is -0.478 e. The molecule has 0 heterocycles. The van der Waals surface area contributed by atoms with Crippen molar-refractivity contribution in [3.05, 3.63) is 42.0 Å².